The Morgan fingerprint density at radius 1 is 1.55 bits per heavy atom. The van der Waals surface area contributed by atoms with Crippen molar-refractivity contribution in [1.29, 1.82) is 0 Å². The molecule has 0 aliphatic carbocycles. The van der Waals surface area contributed by atoms with E-state index in [0.29, 0.717) is 13.0 Å². The van der Waals surface area contributed by atoms with Crippen molar-refractivity contribution in [3.8, 4) is 0 Å². The second kappa shape index (κ2) is 4.66. The van der Waals surface area contributed by atoms with Crippen LogP contribution in [0.2, 0.25) is 0 Å². The maximum Gasteiger partial charge on any atom is 0.268 e. The van der Waals surface area contributed by atoms with E-state index in [0.717, 1.165) is 0 Å². The summed E-state index contributed by atoms with van der Waals surface area (Å²) in [6.07, 6.45) is -0.455. The largest absolute Gasteiger partial charge is 0.330 e. The fourth-order valence-electron chi connectivity index (χ4n) is 0.469. The fourth-order valence-corrected chi connectivity index (χ4v) is 1.08. The van der Waals surface area contributed by atoms with Gasteiger partial charge in [0.2, 0.25) is 0 Å². The van der Waals surface area contributed by atoms with Gasteiger partial charge in [0.15, 0.2) is 0 Å². The molecule has 4 N–H and O–H groups in total. The molecule has 0 rings (SSSR count). The first-order valence-corrected chi connectivity index (χ1v) is 4.96. The lowest BCUT2D eigenvalue weighted by atomic mass is 10.4. The van der Waals surface area contributed by atoms with E-state index in [-0.39, 0.29) is 5.75 Å². The van der Waals surface area contributed by atoms with Crippen molar-refractivity contribution in [3.63, 3.8) is 0 Å². The van der Waals surface area contributed by atoms with Gasteiger partial charge in [-0.25, -0.2) is 0 Å². The van der Waals surface area contributed by atoms with Gasteiger partial charge in [0.1, 0.15) is 6.23 Å². The highest BCUT2D eigenvalue weighted by Gasteiger charge is 2.12. The molecule has 0 saturated heterocycles. The van der Waals surface area contributed by atoms with Crippen LogP contribution in [-0.2, 0) is 14.3 Å². The van der Waals surface area contributed by atoms with Crippen LogP contribution < -0.4 is 11.5 Å². The van der Waals surface area contributed by atoms with Gasteiger partial charge in [0, 0.05) is 6.42 Å². The Morgan fingerprint density at radius 2 is 2.09 bits per heavy atom. The van der Waals surface area contributed by atoms with E-state index in [1.165, 1.54) is 6.92 Å². The predicted molar refractivity (Wildman–Crippen MR) is 42.2 cm³/mol. The van der Waals surface area contributed by atoms with E-state index >= 15 is 0 Å². The molecule has 0 aromatic rings. The van der Waals surface area contributed by atoms with Gasteiger partial charge in [-0.15, -0.1) is 0 Å². The first-order valence-electron chi connectivity index (χ1n) is 3.38. The highest BCUT2D eigenvalue weighted by atomic mass is 32.2. The summed E-state index contributed by atoms with van der Waals surface area (Å²) in [5.41, 5.74) is 10.4. The molecule has 0 amide bonds. The average Bonchev–Trinajstić information content (AvgIpc) is 1.87. The SMILES string of the molecule is CCS(=O)(=O)OC(N)CCN. The summed E-state index contributed by atoms with van der Waals surface area (Å²) in [7, 11) is -3.42. The van der Waals surface area contributed by atoms with Crippen molar-refractivity contribution in [1.82, 2.24) is 0 Å². The minimum atomic E-state index is -3.42. The monoisotopic (exact) mass is 182 g/mol. The normalized spacial score (nSPS) is 14.8. The summed E-state index contributed by atoms with van der Waals surface area (Å²) in [6, 6.07) is 0. The maximum absolute atomic E-state index is 10.7. The molecule has 0 spiro atoms. The number of hydrogen-bond acceptors (Lipinski definition) is 5. The van der Waals surface area contributed by atoms with Crippen LogP contribution in [0.4, 0.5) is 0 Å². The Labute approximate surface area is 66.8 Å². The minimum absolute atomic E-state index is 0.0642. The predicted octanol–water partition coefficient (Wildman–Crippen LogP) is -1.01. The highest BCUT2D eigenvalue weighted by Crippen LogP contribution is 1.97. The van der Waals surface area contributed by atoms with Crippen LogP contribution >= 0.6 is 0 Å². The maximum atomic E-state index is 10.7. The zero-order valence-electron chi connectivity index (χ0n) is 6.49. The molecule has 0 aliphatic heterocycles. The fraction of sp³-hybridized carbons (Fsp3) is 1.00. The van der Waals surface area contributed by atoms with Gasteiger partial charge in [-0.3, -0.25) is 4.18 Å². The zero-order chi connectivity index (χ0) is 8.91. The zero-order valence-corrected chi connectivity index (χ0v) is 7.30. The van der Waals surface area contributed by atoms with Gasteiger partial charge < -0.3 is 11.5 Å². The quantitative estimate of drug-likeness (QED) is 0.419. The Kier molecular flexibility index (Phi) is 4.58. The molecule has 0 aliphatic rings. The van der Waals surface area contributed by atoms with Crippen LogP contribution in [0, 0.1) is 0 Å². The first-order chi connectivity index (χ1) is 5.02. The molecule has 0 fully saturated rings. The summed E-state index contributed by atoms with van der Waals surface area (Å²) in [6.45, 7) is 1.81. The van der Waals surface area contributed by atoms with Crippen molar-refractivity contribution in [2.45, 2.75) is 19.6 Å². The van der Waals surface area contributed by atoms with Gasteiger partial charge >= 0.3 is 0 Å². The minimum Gasteiger partial charge on any atom is -0.330 e. The summed E-state index contributed by atoms with van der Waals surface area (Å²) in [4.78, 5) is 0. The van der Waals surface area contributed by atoms with Crippen LogP contribution in [0.25, 0.3) is 0 Å². The molecular formula is C5H14N2O3S. The van der Waals surface area contributed by atoms with Gasteiger partial charge in [0.05, 0.1) is 5.75 Å². The van der Waals surface area contributed by atoms with Crippen LogP contribution in [0.1, 0.15) is 13.3 Å². The first kappa shape index (κ1) is 10.8. The standard InChI is InChI=1S/C5H14N2O3S/c1-2-11(8,9)10-5(7)3-4-6/h5H,2-4,6-7H2,1H3. The second-order valence-corrected chi connectivity index (χ2v) is 3.94. The molecule has 1 atom stereocenters. The third-order valence-electron chi connectivity index (χ3n) is 1.07. The topological polar surface area (TPSA) is 95.4 Å². The molecule has 0 aromatic carbocycles. The molecule has 5 nitrogen and oxygen atoms in total. The molecule has 6 heteroatoms. The second-order valence-electron chi connectivity index (χ2n) is 2.06. The molecular weight excluding hydrogens is 168 g/mol. The van der Waals surface area contributed by atoms with Crippen molar-refractivity contribution in [2.75, 3.05) is 12.3 Å². The average molecular weight is 182 g/mol. The number of nitrogens with two attached hydrogens (primary N) is 2. The molecule has 0 aromatic heterocycles. The molecule has 68 valence electrons. The number of hydrogen-bond donors (Lipinski definition) is 2. The summed E-state index contributed by atoms with van der Waals surface area (Å²) < 4.78 is 26.0. The Balaban J connectivity index is 3.84. The Morgan fingerprint density at radius 3 is 2.45 bits per heavy atom. The van der Waals surface area contributed by atoms with Crippen molar-refractivity contribution < 1.29 is 12.6 Å². The van der Waals surface area contributed by atoms with Crippen molar-refractivity contribution >= 4 is 10.1 Å². The summed E-state index contributed by atoms with van der Waals surface area (Å²) >= 11 is 0. The van der Waals surface area contributed by atoms with E-state index in [1.54, 1.807) is 0 Å². The third kappa shape index (κ3) is 5.14. The van der Waals surface area contributed by atoms with E-state index in [2.05, 4.69) is 4.18 Å². The molecule has 0 heterocycles. The van der Waals surface area contributed by atoms with E-state index < -0.39 is 16.3 Å². The van der Waals surface area contributed by atoms with E-state index in [4.69, 9.17) is 11.5 Å². The van der Waals surface area contributed by atoms with E-state index in [9.17, 15) is 8.42 Å². The van der Waals surface area contributed by atoms with Crippen molar-refractivity contribution in [3.05, 3.63) is 0 Å². The van der Waals surface area contributed by atoms with Crippen LogP contribution in [0.15, 0.2) is 0 Å². The Hall–Kier alpha value is -0.170. The van der Waals surface area contributed by atoms with Gasteiger partial charge in [-0.05, 0) is 13.5 Å². The van der Waals surface area contributed by atoms with Crippen LogP contribution in [0.3, 0.4) is 0 Å². The van der Waals surface area contributed by atoms with Gasteiger partial charge in [0.25, 0.3) is 10.1 Å². The molecule has 0 saturated carbocycles. The van der Waals surface area contributed by atoms with Gasteiger partial charge in [-0.1, -0.05) is 0 Å². The molecule has 0 bridgehead atoms. The lowest BCUT2D eigenvalue weighted by Gasteiger charge is -2.09. The third-order valence-corrected chi connectivity index (χ3v) is 2.32. The van der Waals surface area contributed by atoms with Crippen LogP contribution in [0.5, 0.6) is 0 Å². The lowest BCUT2D eigenvalue weighted by Crippen LogP contribution is -2.30. The smallest absolute Gasteiger partial charge is 0.268 e. The van der Waals surface area contributed by atoms with Gasteiger partial charge in [-0.2, -0.15) is 8.42 Å². The highest BCUT2D eigenvalue weighted by molar-refractivity contribution is 7.86. The van der Waals surface area contributed by atoms with E-state index in [1.807, 2.05) is 0 Å². The van der Waals surface area contributed by atoms with Crippen LogP contribution in [-0.4, -0.2) is 26.9 Å². The van der Waals surface area contributed by atoms with Crippen molar-refractivity contribution in [2.24, 2.45) is 11.5 Å². The molecule has 11 heavy (non-hydrogen) atoms. The summed E-state index contributed by atoms with van der Waals surface area (Å²) in [5.74, 6) is -0.0642. The summed E-state index contributed by atoms with van der Waals surface area (Å²) in [5, 5.41) is 0. The number of rotatable bonds is 5. The molecule has 1 unspecified atom stereocenters. The molecule has 0 radical (unpaired) electrons. The Bertz CT molecular complexity index is 190. The lowest BCUT2D eigenvalue weighted by molar-refractivity contribution is 0.209.